The van der Waals surface area contributed by atoms with Crippen LogP contribution < -0.4 is 14.2 Å². The van der Waals surface area contributed by atoms with Crippen LogP contribution in [0.15, 0.2) is 47.6 Å². The van der Waals surface area contributed by atoms with Gasteiger partial charge in [-0.3, -0.25) is 4.79 Å². The Kier molecular flexibility index (Phi) is 4.88. The average Bonchev–Trinajstić information content (AvgIpc) is 3.11. The number of hydrazone groups is 1. The fourth-order valence-electron chi connectivity index (χ4n) is 2.91. The van der Waals surface area contributed by atoms with Crippen molar-refractivity contribution in [1.29, 1.82) is 0 Å². The van der Waals surface area contributed by atoms with Crippen LogP contribution in [0, 0.1) is 0 Å². The first-order valence-corrected chi connectivity index (χ1v) is 7.87. The number of methoxy groups -OCH3 is 3. The molecule has 25 heavy (non-hydrogen) atoms. The largest absolute Gasteiger partial charge is 0.497 e. The molecule has 2 aromatic carbocycles. The number of benzene rings is 2. The van der Waals surface area contributed by atoms with Crippen LogP contribution in [0.25, 0.3) is 0 Å². The fraction of sp³-hybridized carbons (Fsp3) is 0.263. The van der Waals surface area contributed by atoms with E-state index in [0.717, 1.165) is 29.0 Å². The zero-order valence-electron chi connectivity index (χ0n) is 14.4. The van der Waals surface area contributed by atoms with E-state index in [9.17, 15) is 4.79 Å². The maximum atomic E-state index is 11.5. The third-order valence-corrected chi connectivity index (χ3v) is 4.27. The van der Waals surface area contributed by atoms with E-state index >= 15 is 0 Å². The molecule has 0 fully saturated rings. The third-order valence-electron chi connectivity index (χ3n) is 4.27. The van der Waals surface area contributed by atoms with Crippen molar-refractivity contribution in [3.63, 3.8) is 0 Å². The summed E-state index contributed by atoms with van der Waals surface area (Å²) in [6.07, 6.45) is 1.38. The van der Waals surface area contributed by atoms with Crippen LogP contribution in [0.1, 0.15) is 23.6 Å². The molecule has 6 heteroatoms. The average molecular weight is 340 g/mol. The molecule has 0 aliphatic carbocycles. The van der Waals surface area contributed by atoms with Gasteiger partial charge in [0.15, 0.2) is 11.5 Å². The fourth-order valence-corrected chi connectivity index (χ4v) is 2.91. The van der Waals surface area contributed by atoms with Gasteiger partial charge in [-0.05, 0) is 35.9 Å². The van der Waals surface area contributed by atoms with E-state index in [2.05, 4.69) is 5.10 Å². The Morgan fingerprint density at radius 3 is 2.32 bits per heavy atom. The maximum absolute atomic E-state index is 11.5. The summed E-state index contributed by atoms with van der Waals surface area (Å²) in [4.78, 5) is 11.5. The van der Waals surface area contributed by atoms with Gasteiger partial charge in [0.25, 0.3) is 0 Å². The summed E-state index contributed by atoms with van der Waals surface area (Å²) in [5, 5.41) is 5.91. The molecule has 0 saturated carbocycles. The predicted octanol–water partition coefficient (Wildman–Crippen LogP) is 3.02. The van der Waals surface area contributed by atoms with E-state index in [1.807, 2.05) is 42.5 Å². The van der Waals surface area contributed by atoms with Crippen molar-refractivity contribution in [2.45, 2.75) is 12.5 Å². The van der Waals surface area contributed by atoms with E-state index in [0.29, 0.717) is 17.9 Å². The van der Waals surface area contributed by atoms with Crippen molar-refractivity contribution in [2.24, 2.45) is 5.10 Å². The van der Waals surface area contributed by atoms with Crippen LogP contribution in [0.4, 0.5) is 0 Å². The molecule has 6 nitrogen and oxygen atoms in total. The lowest BCUT2D eigenvalue weighted by Crippen LogP contribution is -2.17. The van der Waals surface area contributed by atoms with Gasteiger partial charge < -0.3 is 14.2 Å². The second-order valence-electron chi connectivity index (χ2n) is 5.59. The van der Waals surface area contributed by atoms with Gasteiger partial charge in [0.05, 0.1) is 33.1 Å². The number of rotatable bonds is 6. The zero-order valence-corrected chi connectivity index (χ0v) is 14.4. The van der Waals surface area contributed by atoms with Crippen molar-refractivity contribution >= 4 is 12.1 Å². The molecule has 0 bridgehead atoms. The van der Waals surface area contributed by atoms with E-state index in [4.69, 9.17) is 14.2 Å². The molecule has 0 radical (unpaired) electrons. The minimum atomic E-state index is -0.133. The van der Waals surface area contributed by atoms with Crippen LogP contribution in [0.3, 0.4) is 0 Å². The standard InChI is InChI=1S/C19H20N2O4/c1-23-15-7-4-13(5-8-15)17-11-16(20-21(17)12-22)14-6-9-18(24-2)19(10-14)25-3/h4-10,12,17H,11H2,1-3H3/t17-/m0/s1. The van der Waals surface area contributed by atoms with Gasteiger partial charge in [0, 0.05) is 12.0 Å². The second kappa shape index (κ2) is 7.25. The number of amides is 1. The molecule has 0 saturated heterocycles. The van der Waals surface area contributed by atoms with Crippen LogP contribution in [0.5, 0.6) is 17.2 Å². The number of hydrogen-bond acceptors (Lipinski definition) is 5. The summed E-state index contributed by atoms with van der Waals surface area (Å²) in [7, 11) is 4.81. The van der Waals surface area contributed by atoms with Crippen molar-refractivity contribution in [3.05, 3.63) is 53.6 Å². The molecule has 130 valence electrons. The van der Waals surface area contributed by atoms with Crippen molar-refractivity contribution in [1.82, 2.24) is 5.01 Å². The van der Waals surface area contributed by atoms with Gasteiger partial charge in [0.2, 0.25) is 6.41 Å². The van der Waals surface area contributed by atoms with Crippen molar-refractivity contribution in [3.8, 4) is 17.2 Å². The molecule has 1 heterocycles. The maximum Gasteiger partial charge on any atom is 0.230 e. The van der Waals surface area contributed by atoms with Crippen molar-refractivity contribution in [2.75, 3.05) is 21.3 Å². The Hall–Kier alpha value is -3.02. The highest BCUT2D eigenvalue weighted by atomic mass is 16.5. The van der Waals surface area contributed by atoms with E-state index in [1.54, 1.807) is 21.3 Å². The zero-order chi connectivity index (χ0) is 17.8. The van der Waals surface area contributed by atoms with Crippen LogP contribution in [-0.2, 0) is 4.79 Å². The number of carbonyl (C=O) groups excluding carboxylic acids is 1. The molecule has 0 unspecified atom stereocenters. The normalized spacial score (nSPS) is 16.4. The summed E-state index contributed by atoms with van der Waals surface area (Å²) in [6.45, 7) is 0. The van der Waals surface area contributed by atoms with E-state index < -0.39 is 0 Å². The topological polar surface area (TPSA) is 60.4 Å². The Balaban J connectivity index is 1.88. The molecule has 0 aromatic heterocycles. The molecule has 1 amide bonds. The highest BCUT2D eigenvalue weighted by Gasteiger charge is 2.29. The van der Waals surface area contributed by atoms with E-state index in [-0.39, 0.29) is 6.04 Å². The van der Waals surface area contributed by atoms with Gasteiger partial charge in [-0.1, -0.05) is 12.1 Å². The molecule has 0 spiro atoms. The Bertz CT molecular complexity index is 787. The highest BCUT2D eigenvalue weighted by Crippen LogP contribution is 2.34. The molecule has 2 aromatic rings. The quantitative estimate of drug-likeness (QED) is 0.759. The summed E-state index contributed by atoms with van der Waals surface area (Å²) in [5.74, 6) is 2.07. The van der Waals surface area contributed by atoms with Gasteiger partial charge in [-0.25, -0.2) is 5.01 Å². The molecule has 1 aliphatic rings. The summed E-state index contributed by atoms with van der Waals surface area (Å²) >= 11 is 0. The third kappa shape index (κ3) is 3.28. The molecular formula is C19H20N2O4. The second-order valence-corrected chi connectivity index (χ2v) is 5.59. The molecule has 1 aliphatic heterocycles. The van der Waals surface area contributed by atoms with Gasteiger partial charge in [-0.15, -0.1) is 0 Å². The molecule has 3 rings (SSSR count). The number of ether oxygens (including phenoxy) is 3. The first-order valence-electron chi connectivity index (χ1n) is 7.87. The smallest absolute Gasteiger partial charge is 0.230 e. The van der Waals surface area contributed by atoms with Gasteiger partial charge in [0.1, 0.15) is 5.75 Å². The lowest BCUT2D eigenvalue weighted by atomic mass is 9.98. The lowest BCUT2D eigenvalue weighted by molar-refractivity contribution is -0.119. The molecule has 0 N–H and O–H groups in total. The number of hydrogen-bond donors (Lipinski definition) is 0. The highest BCUT2D eigenvalue weighted by molar-refractivity contribution is 6.03. The first kappa shape index (κ1) is 16.8. The monoisotopic (exact) mass is 340 g/mol. The molecular weight excluding hydrogens is 320 g/mol. The van der Waals surface area contributed by atoms with Crippen LogP contribution in [-0.4, -0.2) is 38.5 Å². The van der Waals surface area contributed by atoms with Gasteiger partial charge >= 0.3 is 0 Å². The van der Waals surface area contributed by atoms with E-state index in [1.165, 1.54) is 5.01 Å². The number of nitrogens with zero attached hydrogens (tertiary/aromatic N) is 2. The SMILES string of the molecule is COc1ccc([C@@H]2CC(c3ccc(OC)c(OC)c3)=NN2C=O)cc1. The number of carbonyl (C=O) groups is 1. The minimum Gasteiger partial charge on any atom is -0.497 e. The lowest BCUT2D eigenvalue weighted by Gasteiger charge is -2.17. The summed E-state index contributed by atoms with van der Waals surface area (Å²) in [5.41, 5.74) is 2.74. The van der Waals surface area contributed by atoms with Crippen LogP contribution >= 0.6 is 0 Å². The Labute approximate surface area is 146 Å². The first-order chi connectivity index (χ1) is 12.2. The minimum absolute atomic E-state index is 0.133. The van der Waals surface area contributed by atoms with Crippen molar-refractivity contribution < 1.29 is 19.0 Å². The summed E-state index contributed by atoms with van der Waals surface area (Å²) in [6, 6.07) is 13.2. The predicted molar refractivity (Wildman–Crippen MR) is 94.3 cm³/mol. The van der Waals surface area contributed by atoms with Crippen LogP contribution in [0.2, 0.25) is 0 Å². The molecule has 1 atom stereocenters. The Morgan fingerprint density at radius 1 is 1.00 bits per heavy atom. The Morgan fingerprint density at radius 2 is 1.72 bits per heavy atom. The van der Waals surface area contributed by atoms with Gasteiger partial charge in [-0.2, -0.15) is 5.10 Å². The summed E-state index contributed by atoms with van der Waals surface area (Å²) < 4.78 is 15.8.